The van der Waals surface area contributed by atoms with Crippen molar-refractivity contribution in [2.45, 2.75) is 32.4 Å². The highest BCUT2D eigenvalue weighted by atomic mass is 16.2. The second-order valence-electron chi connectivity index (χ2n) is 4.75. The summed E-state index contributed by atoms with van der Waals surface area (Å²) < 4.78 is 1.63. The molecule has 3 N–H and O–H groups in total. The van der Waals surface area contributed by atoms with Crippen molar-refractivity contribution in [3.05, 3.63) is 11.9 Å². The fraction of sp³-hybridized carbons (Fsp3) is 0.667. The lowest BCUT2D eigenvalue weighted by Crippen LogP contribution is -2.39. The second-order valence-corrected chi connectivity index (χ2v) is 4.75. The molecule has 0 radical (unpaired) electrons. The second kappa shape index (κ2) is 5.39. The standard InChI is InChI=1S/C12H21N5O/c1-3-17-11(10(13)8-15-17)12(18)14-7-9-5-4-6-16(9)2/h8-9H,3-7,13H2,1-2H3,(H,14,18). The summed E-state index contributed by atoms with van der Waals surface area (Å²) in [6.07, 6.45) is 3.87. The summed E-state index contributed by atoms with van der Waals surface area (Å²) in [6.45, 7) is 4.36. The van der Waals surface area contributed by atoms with Gasteiger partial charge in [-0.3, -0.25) is 9.48 Å². The average Bonchev–Trinajstić information content (AvgIpc) is 2.92. The number of rotatable bonds is 4. The van der Waals surface area contributed by atoms with Crippen LogP contribution >= 0.6 is 0 Å². The molecular formula is C12H21N5O. The predicted molar refractivity (Wildman–Crippen MR) is 70.3 cm³/mol. The molecule has 0 spiro atoms. The van der Waals surface area contributed by atoms with E-state index in [1.807, 2.05) is 6.92 Å². The van der Waals surface area contributed by atoms with Crippen LogP contribution in [0.2, 0.25) is 0 Å². The number of aromatic nitrogens is 2. The predicted octanol–water partition coefficient (Wildman–Crippen LogP) is 0.309. The average molecular weight is 251 g/mol. The quantitative estimate of drug-likeness (QED) is 0.807. The molecule has 2 heterocycles. The fourth-order valence-corrected chi connectivity index (χ4v) is 2.42. The van der Waals surface area contributed by atoms with Gasteiger partial charge >= 0.3 is 0 Å². The van der Waals surface area contributed by atoms with E-state index in [4.69, 9.17) is 5.73 Å². The van der Waals surface area contributed by atoms with Gasteiger partial charge in [-0.2, -0.15) is 5.10 Å². The molecule has 6 nitrogen and oxygen atoms in total. The van der Waals surface area contributed by atoms with Crippen LogP contribution in [-0.2, 0) is 6.54 Å². The Morgan fingerprint density at radius 3 is 3.06 bits per heavy atom. The molecule has 0 bridgehead atoms. The third-order valence-electron chi connectivity index (χ3n) is 3.55. The first-order valence-electron chi connectivity index (χ1n) is 6.43. The number of anilines is 1. The van der Waals surface area contributed by atoms with E-state index < -0.39 is 0 Å². The Labute approximate surface area is 107 Å². The third kappa shape index (κ3) is 2.48. The number of likely N-dealkylation sites (N-methyl/N-ethyl adjacent to an activating group) is 1. The number of amides is 1. The van der Waals surface area contributed by atoms with Crippen molar-refractivity contribution < 1.29 is 4.79 Å². The van der Waals surface area contributed by atoms with E-state index in [1.54, 1.807) is 4.68 Å². The van der Waals surface area contributed by atoms with Crippen LogP contribution < -0.4 is 11.1 Å². The first-order valence-corrected chi connectivity index (χ1v) is 6.43. The van der Waals surface area contributed by atoms with Crippen LogP contribution in [0, 0.1) is 0 Å². The van der Waals surface area contributed by atoms with Gasteiger partial charge in [0.2, 0.25) is 0 Å². The summed E-state index contributed by atoms with van der Waals surface area (Å²) in [5.41, 5.74) is 6.68. The van der Waals surface area contributed by atoms with Crippen LogP contribution in [0.1, 0.15) is 30.3 Å². The molecule has 0 saturated carbocycles. The van der Waals surface area contributed by atoms with Gasteiger partial charge in [0.1, 0.15) is 5.69 Å². The van der Waals surface area contributed by atoms with E-state index in [-0.39, 0.29) is 5.91 Å². The highest BCUT2D eigenvalue weighted by molar-refractivity contribution is 5.97. The molecule has 18 heavy (non-hydrogen) atoms. The monoisotopic (exact) mass is 251 g/mol. The number of nitrogen functional groups attached to an aromatic ring is 1. The largest absolute Gasteiger partial charge is 0.396 e. The Bertz CT molecular complexity index is 428. The molecule has 1 aliphatic heterocycles. The molecule has 1 fully saturated rings. The molecule has 0 aliphatic carbocycles. The number of carbonyl (C=O) groups excluding carboxylic acids is 1. The Morgan fingerprint density at radius 1 is 1.67 bits per heavy atom. The minimum Gasteiger partial charge on any atom is -0.396 e. The molecule has 1 amide bonds. The topological polar surface area (TPSA) is 76.2 Å². The van der Waals surface area contributed by atoms with E-state index >= 15 is 0 Å². The van der Waals surface area contributed by atoms with Gasteiger partial charge in [-0.25, -0.2) is 0 Å². The Kier molecular flexibility index (Phi) is 3.86. The van der Waals surface area contributed by atoms with Crippen molar-refractivity contribution >= 4 is 11.6 Å². The Morgan fingerprint density at radius 2 is 2.44 bits per heavy atom. The van der Waals surface area contributed by atoms with Crippen LogP contribution in [0.5, 0.6) is 0 Å². The van der Waals surface area contributed by atoms with Gasteiger partial charge < -0.3 is 16.0 Å². The normalized spacial score (nSPS) is 20.2. The number of nitrogens with one attached hydrogen (secondary N) is 1. The molecule has 2 rings (SSSR count). The van der Waals surface area contributed by atoms with Crippen molar-refractivity contribution in [3.63, 3.8) is 0 Å². The first-order chi connectivity index (χ1) is 8.63. The SMILES string of the molecule is CCn1ncc(N)c1C(=O)NCC1CCCN1C. The number of nitrogens with two attached hydrogens (primary N) is 1. The summed E-state index contributed by atoms with van der Waals surface area (Å²) in [4.78, 5) is 14.4. The van der Waals surface area contributed by atoms with Crippen molar-refractivity contribution in [3.8, 4) is 0 Å². The van der Waals surface area contributed by atoms with E-state index in [0.29, 0.717) is 30.5 Å². The van der Waals surface area contributed by atoms with Crippen LogP contribution in [0.15, 0.2) is 6.20 Å². The van der Waals surface area contributed by atoms with Crippen LogP contribution in [0.25, 0.3) is 0 Å². The van der Waals surface area contributed by atoms with Gasteiger partial charge in [-0.1, -0.05) is 0 Å². The van der Waals surface area contributed by atoms with Crippen LogP contribution in [0.4, 0.5) is 5.69 Å². The van der Waals surface area contributed by atoms with E-state index in [9.17, 15) is 4.79 Å². The molecule has 1 aromatic heterocycles. The van der Waals surface area contributed by atoms with Gasteiger partial charge in [0.05, 0.1) is 11.9 Å². The highest BCUT2D eigenvalue weighted by Gasteiger charge is 2.22. The third-order valence-corrected chi connectivity index (χ3v) is 3.55. The molecular weight excluding hydrogens is 230 g/mol. The lowest BCUT2D eigenvalue weighted by Gasteiger charge is -2.19. The zero-order chi connectivity index (χ0) is 13.1. The lowest BCUT2D eigenvalue weighted by molar-refractivity contribution is 0.0934. The molecule has 100 valence electrons. The fourth-order valence-electron chi connectivity index (χ4n) is 2.42. The van der Waals surface area contributed by atoms with Crippen molar-refractivity contribution in [2.24, 2.45) is 0 Å². The molecule has 1 atom stereocenters. The van der Waals surface area contributed by atoms with Crippen molar-refractivity contribution in [1.29, 1.82) is 0 Å². The minimum atomic E-state index is -0.132. The van der Waals surface area contributed by atoms with Crippen molar-refractivity contribution in [2.75, 3.05) is 25.9 Å². The molecule has 1 aromatic rings. The number of nitrogens with zero attached hydrogens (tertiary/aromatic N) is 3. The number of carbonyl (C=O) groups is 1. The maximum Gasteiger partial charge on any atom is 0.271 e. The van der Waals surface area contributed by atoms with Gasteiger partial charge in [0.15, 0.2) is 0 Å². The molecule has 6 heteroatoms. The highest BCUT2D eigenvalue weighted by Crippen LogP contribution is 2.14. The summed E-state index contributed by atoms with van der Waals surface area (Å²) in [5, 5.41) is 7.02. The molecule has 0 aromatic carbocycles. The maximum atomic E-state index is 12.1. The first kappa shape index (κ1) is 12.9. The number of hydrogen-bond donors (Lipinski definition) is 2. The number of aryl methyl sites for hydroxylation is 1. The van der Waals surface area contributed by atoms with Gasteiger partial charge in [0, 0.05) is 19.1 Å². The molecule has 1 unspecified atom stereocenters. The van der Waals surface area contributed by atoms with Gasteiger partial charge in [-0.15, -0.1) is 0 Å². The molecule has 1 saturated heterocycles. The Hall–Kier alpha value is -1.56. The van der Waals surface area contributed by atoms with E-state index in [1.165, 1.54) is 12.6 Å². The maximum absolute atomic E-state index is 12.1. The minimum absolute atomic E-state index is 0.132. The van der Waals surface area contributed by atoms with Gasteiger partial charge in [-0.05, 0) is 33.4 Å². The summed E-state index contributed by atoms with van der Waals surface area (Å²) >= 11 is 0. The zero-order valence-corrected chi connectivity index (χ0v) is 11.0. The van der Waals surface area contributed by atoms with Crippen molar-refractivity contribution in [1.82, 2.24) is 20.0 Å². The smallest absolute Gasteiger partial charge is 0.271 e. The summed E-state index contributed by atoms with van der Waals surface area (Å²) in [6, 6.07) is 0.438. The van der Waals surface area contributed by atoms with E-state index in [2.05, 4.69) is 22.4 Å². The molecule has 1 aliphatic rings. The number of hydrogen-bond acceptors (Lipinski definition) is 4. The zero-order valence-electron chi connectivity index (χ0n) is 11.0. The number of likely N-dealkylation sites (tertiary alicyclic amines) is 1. The van der Waals surface area contributed by atoms with E-state index in [0.717, 1.165) is 13.0 Å². The van der Waals surface area contributed by atoms with Crippen LogP contribution in [-0.4, -0.2) is 46.8 Å². The van der Waals surface area contributed by atoms with Crippen LogP contribution in [0.3, 0.4) is 0 Å². The summed E-state index contributed by atoms with van der Waals surface area (Å²) in [5.74, 6) is -0.132. The Balaban J connectivity index is 1.97. The summed E-state index contributed by atoms with van der Waals surface area (Å²) in [7, 11) is 2.09. The van der Waals surface area contributed by atoms with Gasteiger partial charge in [0.25, 0.3) is 5.91 Å². The lowest BCUT2D eigenvalue weighted by atomic mass is 10.2.